The maximum absolute atomic E-state index is 2.87. The van der Waals surface area contributed by atoms with Crippen LogP contribution in [0.2, 0.25) is 0 Å². The molecular weight excluding hydrogens is 182 g/mol. The lowest BCUT2D eigenvalue weighted by Crippen LogP contribution is -2.54. The van der Waals surface area contributed by atoms with Gasteiger partial charge in [0.15, 0.2) is 0 Å². The van der Waals surface area contributed by atoms with Crippen LogP contribution >= 0.6 is 0 Å². The standard InChI is InChI=1S/C14H23N/c1-9-6-12-4-5-13-10(2)8-11(3)14(7-9)15(12)13/h7,10-14H,4-6,8H2,1-3H3/t10-,11-,12+,13+,14+/m1/s1. The third kappa shape index (κ3) is 1.39. The van der Waals surface area contributed by atoms with Crippen molar-refractivity contribution in [2.45, 2.75) is 64.6 Å². The van der Waals surface area contributed by atoms with Crippen LogP contribution < -0.4 is 0 Å². The predicted octanol–water partition coefficient (Wildman–Crippen LogP) is 3.21. The van der Waals surface area contributed by atoms with Crippen molar-refractivity contribution in [3.8, 4) is 0 Å². The Morgan fingerprint density at radius 3 is 2.80 bits per heavy atom. The molecule has 1 heteroatoms. The molecule has 0 unspecified atom stereocenters. The van der Waals surface area contributed by atoms with E-state index in [1.165, 1.54) is 25.7 Å². The molecule has 1 nitrogen and oxygen atoms in total. The van der Waals surface area contributed by atoms with Crippen LogP contribution in [0.5, 0.6) is 0 Å². The Morgan fingerprint density at radius 2 is 2.00 bits per heavy atom. The fourth-order valence-corrected chi connectivity index (χ4v) is 4.34. The van der Waals surface area contributed by atoms with Gasteiger partial charge in [-0.2, -0.15) is 0 Å². The average Bonchev–Trinajstić information content (AvgIpc) is 2.58. The van der Waals surface area contributed by atoms with Crippen molar-refractivity contribution in [3.05, 3.63) is 11.6 Å². The van der Waals surface area contributed by atoms with Gasteiger partial charge in [0, 0.05) is 18.1 Å². The highest BCUT2D eigenvalue weighted by atomic mass is 15.3. The highest BCUT2D eigenvalue weighted by Crippen LogP contribution is 2.45. The maximum atomic E-state index is 2.87. The Bertz CT molecular complexity index is 294. The lowest BCUT2D eigenvalue weighted by Gasteiger charge is -2.49. The highest BCUT2D eigenvalue weighted by Gasteiger charge is 2.46. The number of rotatable bonds is 0. The van der Waals surface area contributed by atoms with E-state index in [9.17, 15) is 0 Å². The SMILES string of the molecule is CC1=C[C@H]2[C@H](C)C[C@@H](C)[C@@H]3CC[C@@H](C1)N23. The molecule has 3 heterocycles. The zero-order valence-corrected chi connectivity index (χ0v) is 10.2. The van der Waals surface area contributed by atoms with Crippen molar-refractivity contribution >= 4 is 0 Å². The molecular formula is C14H23N. The minimum atomic E-state index is 0.771. The summed E-state index contributed by atoms with van der Waals surface area (Å²) in [6.45, 7) is 7.24. The molecule has 3 aliphatic heterocycles. The lowest BCUT2D eigenvalue weighted by molar-refractivity contribution is 0.0288. The second kappa shape index (κ2) is 3.35. The summed E-state index contributed by atoms with van der Waals surface area (Å²) in [5.74, 6) is 1.79. The molecule has 0 spiro atoms. The van der Waals surface area contributed by atoms with Crippen LogP contribution in [-0.2, 0) is 0 Å². The number of hydrogen-bond donors (Lipinski definition) is 0. The first kappa shape index (κ1) is 9.89. The molecule has 84 valence electrons. The van der Waals surface area contributed by atoms with Gasteiger partial charge in [-0.1, -0.05) is 25.5 Å². The van der Waals surface area contributed by atoms with E-state index in [0.717, 1.165) is 30.0 Å². The Morgan fingerprint density at radius 1 is 1.20 bits per heavy atom. The van der Waals surface area contributed by atoms with Gasteiger partial charge in [0.05, 0.1) is 0 Å². The van der Waals surface area contributed by atoms with E-state index in [-0.39, 0.29) is 0 Å². The maximum Gasteiger partial charge on any atom is 0.0312 e. The largest absolute Gasteiger partial charge is 0.290 e. The smallest absolute Gasteiger partial charge is 0.0312 e. The van der Waals surface area contributed by atoms with Crippen molar-refractivity contribution < 1.29 is 0 Å². The molecule has 2 fully saturated rings. The third-order valence-corrected chi connectivity index (χ3v) is 4.94. The topological polar surface area (TPSA) is 3.24 Å². The van der Waals surface area contributed by atoms with Crippen molar-refractivity contribution in [2.75, 3.05) is 0 Å². The number of piperidine rings is 1. The molecule has 3 aliphatic rings. The zero-order valence-electron chi connectivity index (χ0n) is 10.2. The van der Waals surface area contributed by atoms with Gasteiger partial charge in [-0.25, -0.2) is 0 Å². The number of hydrogen-bond acceptors (Lipinski definition) is 1. The summed E-state index contributed by atoms with van der Waals surface area (Å²) >= 11 is 0. The van der Waals surface area contributed by atoms with Crippen LogP contribution in [0, 0.1) is 11.8 Å². The normalized spacial score (nSPS) is 50.1. The first-order chi connectivity index (χ1) is 7.16. The van der Waals surface area contributed by atoms with Crippen LogP contribution in [0.15, 0.2) is 11.6 Å². The summed E-state index contributed by atoms with van der Waals surface area (Å²) in [7, 11) is 0. The van der Waals surface area contributed by atoms with Gasteiger partial charge < -0.3 is 0 Å². The molecule has 0 amide bonds. The fraction of sp³-hybridized carbons (Fsp3) is 0.857. The summed E-state index contributed by atoms with van der Waals surface area (Å²) in [5, 5.41) is 0. The summed E-state index contributed by atoms with van der Waals surface area (Å²) in [4.78, 5) is 2.87. The molecule has 15 heavy (non-hydrogen) atoms. The summed E-state index contributed by atoms with van der Waals surface area (Å²) in [5.41, 5.74) is 1.64. The van der Waals surface area contributed by atoms with Gasteiger partial charge in [-0.15, -0.1) is 0 Å². The Labute approximate surface area is 93.5 Å². The second-order valence-corrected chi connectivity index (χ2v) is 6.14. The molecule has 0 bridgehead atoms. The lowest BCUT2D eigenvalue weighted by atomic mass is 9.78. The van der Waals surface area contributed by atoms with Crippen molar-refractivity contribution in [2.24, 2.45) is 11.8 Å². The van der Waals surface area contributed by atoms with Crippen molar-refractivity contribution in [1.82, 2.24) is 4.90 Å². The molecule has 0 aromatic rings. The quantitative estimate of drug-likeness (QED) is 0.549. The van der Waals surface area contributed by atoms with Gasteiger partial charge in [0.2, 0.25) is 0 Å². The molecule has 0 saturated carbocycles. The average molecular weight is 205 g/mol. The first-order valence-electron chi connectivity index (χ1n) is 6.61. The molecule has 2 saturated heterocycles. The molecule has 0 radical (unpaired) electrons. The van der Waals surface area contributed by atoms with Crippen LogP contribution in [-0.4, -0.2) is 23.0 Å². The van der Waals surface area contributed by atoms with E-state index in [1.807, 2.05) is 0 Å². The van der Waals surface area contributed by atoms with Crippen LogP contribution in [0.25, 0.3) is 0 Å². The van der Waals surface area contributed by atoms with Crippen LogP contribution in [0.1, 0.15) is 46.5 Å². The van der Waals surface area contributed by atoms with Gasteiger partial charge in [0.25, 0.3) is 0 Å². The molecule has 3 rings (SSSR count). The monoisotopic (exact) mass is 205 g/mol. The van der Waals surface area contributed by atoms with E-state index in [2.05, 4.69) is 31.7 Å². The van der Waals surface area contributed by atoms with Gasteiger partial charge in [-0.05, 0) is 44.4 Å². The molecule has 0 N–H and O–H groups in total. The Kier molecular flexibility index (Phi) is 2.21. The predicted molar refractivity (Wildman–Crippen MR) is 63.8 cm³/mol. The van der Waals surface area contributed by atoms with Crippen molar-refractivity contribution in [3.63, 3.8) is 0 Å². The minimum absolute atomic E-state index is 0.771. The van der Waals surface area contributed by atoms with Gasteiger partial charge in [0.1, 0.15) is 0 Å². The van der Waals surface area contributed by atoms with E-state index >= 15 is 0 Å². The van der Waals surface area contributed by atoms with Crippen LogP contribution in [0.4, 0.5) is 0 Å². The van der Waals surface area contributed by atoms with E-state index < -0.39 is 0 Å². The van der Waals surface area contributed by atoms with E-state index in [1.54, 1.807) is 5.57 Å². The Balaban J connectivity index is 1.96. The summed E-state index contributed by atoms with van der Waals surface area (Å²) < 4.78 is 0. The molecule has 5 atom stereocenters. The molecule has 0 aliphatic carbocycles. The fourth-order valence-electron chi connectivity index (χ4n) is 4.34. The van der Waals surface area contributed by atoms with Crippen molar-refractivity contribution in [1.29, 1.82) is 0 Å². The number of nitrogens with zero attached hydrogens (tertiary/aromatic N) is 1. The zero-order chi connectivity index (χ0) is 10.6. The molecule has 0 aromatic heterocycles. The first-order valence-corrected chi connectivity index (χ1v) is 6.61. The Hall–Kier alpha value is -0.300. The highest BCUT2D eigenvalue weighted by molar-refractivity contribution is 5.18. The summed E-state index contributed by atoms with van der Waals surface area (Å²) in [6.07, 6.45) is 8.24. The summed E-state index contributed by atoms with van der Waals surface area (Å²) in [6, 6.07) is 2.56. The second-order valence-electron chi connectivity index (χ2n) is 6.14. The van der Waals surface area contributed by atoms with E-state index in [0.29, 0.717) is 0 Å². The van der Waals surface area contributed by atoms with Crippen LogP contribution in [0.3, 0.4) is 0 Å². The molecule has 0 aromatic carbocycles. The third-order valence-electron chi connectivity index (χ3n) is 4.94. The minimum Gasteiger partial charge on any atom is -0.290 e. The van der Waals surface area contributed by atoms with Gasteiger partial charge in [-0.3, -0.25) is 4.90 Å². The van der Waals surface area contributed by atoms with E-state index in [4.69, 9.17) is 0 Å². The van der Waals surface area contributed by atoms with Gasteiger partial charge >= 0.3 is 0 Å².